The van der Waals surface area contributed by atoms with Crippen molar-refractivity contribution >= 4 is 16.6 Å². The van der Waals surface area contributed by atoms with Crippen LogP contribution in [-0.2, 0) is 6.42 Å². The van der Waals surface area contributed by atoms with Crippen molar-refractivity contribution < 1.29 is 8.78 Å². The summed E-state index contributed by atoms with van der Waals surface area (Å²) in [6.07, 6.45) is 3.25. The molecule has 2 nitrogen and oxygen atoms in total. The Morgan fingerprint density at radius 1 is 1.14 bits per heavy atom. The van der Waals surface area contributed by atoms with Crippen LogP contribution in [-0.4, -0.2) is 11.0 Å². The molecule has 1 atom stereocenters. The lowest BCUT2D eigenvalue weighted by molar-refractivity contribution is 0.565. The first-order valence-electron chi connectivity index (χ1n) is 7.40. The van der Waals surface area contributed by atoms with Crippen LogP contribution < -0.4 is 5.32 Å². The zero-order valence-electron chi connectivity index (χ0n) is 12.4. The van der Waals surface area contributed by atoms with Gasteiger partial charge < -0.3 is 10.3 Å². The molecule has 0 aliphatic rings. The maximum Gasteiger partial charge on any atom is 0.129 e. The SMILES string of the molecule is CC(CCc1ccc(F)cc1F)Nc1cccc2cc[nH]c12. The zero-order chi connectivity index (χ0) is 15.5. The number of H-pyrrole nitrogens is 1. The second-order valence-electron chi connectivity index (χ2n) is 5.57. The Bertz CT molecular complexity index is 780. The highest BCUT2D eigenvalue weighted by molar-refractivity contribution is 5.90. The molecule has 0 radical (unpaired) electrons. The third-order valence-electron chi connectivity index (χ3n) is 3.85. The van der Waals surface area contributed by atoms with E-state index in [1.807, 2.05) is 24.4 Å². The molecule has 1 unspecified atom stereocenters. The molecule has 114 valence electrons. The van der Waals surface area contributed by atoms with E-state index in [2.05, 4.69) is 23.3 Å². The average molecular weight is 300 g/mol. The summed E-state index contributed by atoms with van der Waals surface area (Å²) >= 11 is 0. The molecule has 4 heteroatoms. The number of hydrogen-bond acceptors (Lipinski definition) is 1. The number of rotatable bonds is 5. The third kappa shape index (κ3) is 3.11. The summed E-state index contributed by atoms with van der Waals surface area (Å²) in [6, 6.07) is 12.0. The Morgan fingerprint density at radius 3 is 2.82 bits per heavy atom. The monoisotopic (exact) mass is 300 g/mol. The second-order valence-corrected chi connectivity index (χ2v) is 5.57. The van der Waals surface area contributed by atoms with Gasteiger partial charge in [-0.2, -0.15) is 0 Å². The first kappa shape index (κ1) is 14.6. The van der Waals surface area contributed by atoms with E-state index in [9.17, 15) is 8.78 Å². The molecule has 0 aliphatic carbocycles. The maximum atomic E-state index is 13.6. The summed E-state index contributed by atoms with van der Waals surface area (Å²) in [5.41, 5.74) is 2.66. The van der Waals surface area contributed by atoms with Crippen LogP contribution in [0.3, 0.4) is 0 Å². The number of benzene rings is 2. The van der Waals surface area contributed by atoms with Crippen LogP contribution >= 0.6 is 0 Å². The largest absolute Gasteiger partial charge is 0.381 e. The van der Waals surface area contributed by atoms with Crippen molar-refractivity contribution in [2.75, 3.05) is 5.32 Å². The van der Waals surface area contributed by atoms with Crippen molar-refractivity contribution in [1.82, 2.24) is 4.98 Å². The molecule has 1 heterocycles. The quantitative estimate of drug-likeness (QED) is 0.690. The van der Waals surface area contributed by atoms with Gasteiger partial charge in [-0.1, -0.05) is 18.2 Å². The predicted molar refractivity (Wildman–Crippen MR) is 86.1 cm³/mol. The van der Waals surface area contributed by atoms with Gasteiger partial charge in [0.05, 0.1) is 11.2 Å². The Hall–Kier alpha value is -2.36. The van der Waals surface area contributed by atoms with Gasteiger partial charge in [-0.05, 0) is 43.5 Å². The van der Waals surface area contributed by atoms with Gasteiger partial charge in [-0.3, -0.25) is 0 Å². The highest BCUT2D eigenvalue weighted by atomic mass is 19.1. The van der Waals surface area contributed by atoms with Crippen LogP contribution in [0, 0.1) is 11.6 Å². The highest BCUT2D eigenvalue weighted by Crippen LogP contribution is 2.23. The van der Waals surface area contributed by atoms with Gasteiger partial charge in [0.15, 0.2) is 0 Å². The van der Waals surface area contributed by atoms with Crippen LogP contribution in [0.4, 0.5) is 14.5 Å². The molecular formula is C18H18F2N2. The fourth-order valence-corrected chi connectivity index (χ4v) is 2.64. The number of nitrogens with one attached hydrogen (secondary N) is 2. The van der Waals surface area contributed by atoms with Crippen molar-refractivity contribution in [3.8, 4) is 0 Å². The number of hydrogen-bond donors (Lipinski definition) is 2. The lowest BCUT2D eigenvalue weighted by Crippen LogP contribution is -2.16. The van der Waals surface area contributed by atoms with E-state index >= 15 is 0 Å². The van der Waals surface area contributed by atoms with Gasteiger partial charge in [-0.15, -0.1) is 0 Å². The van der Waals surface area contributed by atoms with Crippen LogP contribution in [0.2, 0.25) is 0 Å². The van der Waals surface area contributed by atoms with Crippen molar-refractivity contribution in [3.05, 3.63) is 65.9 Å². The molecule has 0 saturated carbocycles. The fraction of sp³-hybridized carbons (Fsp3) is 0.222. The van der Waals surface area contributed by atoms with Crippen LogP contribution in [0.25, 0.3) is 10.9 Å². The van der Waals surface area contributed by atoms with Gasteiger partial charge in [0.2, 0.25) is 0 Å². The minimum Gasteiger partial charge on any atom is -0.381 e. The van der Waals surface area contributed by atoms with Crippen LogP contribution in [0.5, 0.6) is 0 Å². The Kier molecular flexibility index (Phi) is 4.09. The smallest absolute Gasteiger partial charge is 0.129 e. The lowest BCUT2D eigenvalue weighted by Gasteiger charge is -2.16. The standard InChI is InChI=1S/C18H18F2N2/c1-12(5-6-13-7-8-15(19)11-16(13)20)22-17-4-2-3-14-9-10-21-18(14)17/h2-4,7-12,21-22H,5-6H2,1H3. The molecule has 2 N–H and O–H groups in total. The van der Waals surface area contributed by atoms with Gasteiger partial charge in [-0.25, -0.2) is 8.78 Å². The minimum absolute atomic E-state index is 0.179. The molecule has 0 fully saturated rings. The highest BCUT2D eigenvalue weighted by Gasteiger charge is 2.09. The lowest BCUT2D eigenvalue weighted by atomic mass is 10.1. The molecule has 2 aromatic carbocycles. The summed E-state index contributed by atoms with van der Waals surface area (Å²) in [5, 5.41) is 4.60. The van der Waals surface area contributed by atoms with Gasteiger partial charge >= 0.3 is 0 Å². The normalized spacial score (nSPS) is 12.5. The zero-order valence-corrected chi connectivity index (χ0v) is 12.4. The molecule has 1 aromatic heterocycles. The molecule has 0 saturated heterocycles. The van der Waals surface area contributed by atoms with E-state index in [0.717, 1.165) is 29.1 Å². The average Bonchev–Trinajstić information content (AvgIpc) is 2.96. The van der Waals surface area contributed by atoms with Crippen molar-refractivity contribution in [2.24, 2.45) is 0 Å². The number of fused-ring (bicyclic) bond motifs is 1. The number of aromatic nitrogens is 1. The molecule has 22 heavy (non-hydrogen) atoms. The van der Waals surface area contributed by atoms with E-state index in [-0.39, 0.29) is 6.04 Å². The summed E-state index contributed by atoms with van der Waals surface area (Å²) < 4.78 is 26.5. The van der Waals surface area contributed by atoms with Gasteiger partial charge in [0.25, 0.3) is 0 Å². The summed E-state index contributed by atoms with van der Waals surface area (Å²) in [4.78, 5) is 3.22. The topological polar surface area (TPSA) is 27.8 Å². The molecule has 0 amide bonds. The molecule has 0 aliphatic heterocycles. The minimum atomic E-state index is -0.536. The molecular weight excluding hydrogens is 282 g/mol. The van der Waals surface area contributed by atoms with Crippen LogP contribution in [0.15, 0.2) is 48.7 Å². The summed E-state index contributed by atoms with van der Waals surface area (Å²) in [5.74, 6) is -1.01. The maximum absolute atomic E-state index is 13.6. The molecule has 0 bridgehead atoms. The van der Waals surface area contributed by atoms with Crippen LogP contribution in [0.1, 0.15) is 18.9 Å². The number of aromatic amines is 1. The van der Waals surface area contributed by atoms with Gasteiger partial charge in [0, 0.05) is 23.7 Å². The van der Waals surface area contributed by atoms with E-state index in [0.29, 0.717) is 12.0 Å². The number of aryl methyl sites for hydroxylation is 1. The number of para-hydroxylation sites is 1. The van der Waals surface area contributed by atoms with Crippen molar-refractivity contribution in [3.63, 3.8) is 0 Å². The van der Waals surface area contributed by atoms with Crippen molar-refractivity contribution in [2.45, 2.75) is 25.8 Å². The van der Waals surface area contributed by atoms with Gasteiger partial charge in [0.1, 0.15) is 11.6 Å². The molecule has 3 rings (SSSR count). The van der Waals surface area contributed by atoms with E-state index in [4.69, 9.17) is 0 Å². The third-order valence-corrected chi connectivity index (χ3v) is 3.85. The Balaban J connectivity index is 1.65. The Labute approximate surface area is 128 Å². The molecule has 3 aromatic rings. The summed E-state index contributed by atoms with van der Waals surface area (Å²) in [7, 11) is 0. The van der Waals surface area contributed by atoms with Crippen molar-refractivity contribution in [1.29, 1.82) is 0 Å². The molecule has 0 spiro atoms. The first-order chi connectivity index (χ1) is 10.6. The number of anilines is 1. The van der Waals surface area contributed by atoms with E-state index < -0.39 is 11.6 Å². The first-order valence-corrected chi connectivity index (χ1v) is 7.40. The number of halogens is 2. The Morgan fingerprint density at radius 2 is 2.00 bits per heavy atom. The second kappa shape index (κ2) is 6.18. The predicted octanol–water partition coefficient (Wildman–Crippen LogP) is 4.88. The van der Waals surface area contributed by atoms with E-state index in [1.54, 1.807) is 0 Å². The fourth-order valence-electron chi connectivity index (χ4n) is 2.64. The summed E-state index contributed by atoms with van der Waals surface area (Å²) in [6.45, 7) is 2.06. The van der Waals surface area contributed by atoms with E-state index in [1.165, 1.54) is 12.1 Å².